The summed E-state index contributed by atoms with van der Waals surface area (Å²) in [5.74, 6) is 0.574. The largest absolute Gasteiger partial charge is 0.399 e. The molecule has 9 heavy (non-hydrogen) atoms. The molecule has 0 unspecified atom stereocenters. The average Bonchev–Trinajstić information content (AvgIpc) is 2.34. The van der Waals surface area contributed by atoms with E-state index in [0.717, 1.165) is 0 Å². The summed E-state index contributed by atoms with van der Waals surface area (Å²) in [4.78, 5) is 4.52. The first-order valence-corrected chi connectivity index (χ1v) is 3.42. The van der Waals surface area contributed by atoms with Gasteiger partial charge in [0.25, 0.3) is 0 Å². The maximum atomic E-state index is 4.52. The summed E-state index contributed by atoms with van der Waals surface area (Å²) >= 11 is 0. The Kier molecular flexibility index (Phi) is 2.55. The Labute approximate surface area is 55.9 Å². The minimum Gasteiger partial charge on any atom is -0.399 e. The molecule has 0 aromatic carbocycles. The molecular formula is C7H12NO. The predicted molar refractivity (Wildman–Crippen MR) is 36.4 cm³/mol. The highest BCUT2D eigenvalue weighted by Crippen LogP contribution is 2.22. The van der Waals surface area contributed by atoms with Crippen LogP contribution < -0.4 is 0 Å². The van der Waals surface area contributed by atoms with Crippen LogP contribution in [0.3, 0.4) is 0 Å². The van der Waals surface area contributed by atoms with Gasteiger partial charge in [0.2, 0.25) is 0 Å². The van der Waals surface area contributed by atoms with Crippen LogP contribution in [0, 0.1) is 5.92 Å². The van der Waals surface area contributed by atoms with Crippen LogP contribution in [0.4, 0.5) is 0 Å². The Bertz CT molecular complexity index is 95.1. The first-order chi connectivity index (χ1) is 4.43. The zero-order valence-electron chi connectivity index (χ0n) is 5.76. The molecule has 0 aromatic rings. The lowest BCUT2D eigenvalue weighted by atomic mass is 10.1. The average molecular weight is 126 g/mol. The Balaban J connectivity index is 2.18. The van der Waals surface area contributed by atoms with Gasteiger partial charge < -0.3 is 4.84 Å². The summed E-state index contributed by atoms with van der Waals surface area (Å²) in [5, 5.41) is 3.60. The van der Waals surface area contributed by atoms with Crippen molar-refractivity contribution in [3.63, 3.8) is 0 Å². The summed E-state index contributed by atoms with van der Waals surface area (Å²) in [6, 6.07) is 0. The Hall–Kier alpha value is -0.530. The van der Waals surface area contributed by atoms with E-state index in [4.69, 9.17) is 0 Å². The van der Waals surface area contributed by atoms with Gasteiger partial charge in [0.15, 0.2) is 0 Å². The zero-order chi connectivity index (χ0) is 6.53. The highest BCUT2D eigenvalue weighted by atomic mass is 16.6. The lowest BCUT2D eigenvalue weighted by molar-refractivity contribution is 0.213. The maximum Gasteiger partial charge on any atom is 0.108 e. The first kappa shape index (κ1) is 6.59. The molecule has 0 aliphatic heterocycles. The fourth-order valence-electron chi connectivity index (χ4n) is 1.18. The van der Waals surface area contributed by atoms with Gasteiger partial charge in [-0.05, 0) is 12.8 Å². The smallest absolute Gasteiger partial charge is 0.108 e. The minimum absolute atomic E-state index is 0.574. The van der Waals surface area contributed by atoms with Gasteiger partial charge >= 0.3 is 0 Å². The molecule has 1 radical (unpaired) electrons. The normalized spacial score (nSPS) is 21.4. The summed E-state index contributed by atoms with van der Waals surface area (Å²) in [6.07, 6.45) is 8.08. The SMILES string of the molecule is CO/N=[C]\C1CCCC1. The standard InChI is InChI=1S/C7H12NO/c1-9-8-6-7-4-2-3-5-7/h7H,2-5H2,1H3. The molecular weight excluding hydrogens is 114 g/mol. The van der Waals surface area contributed by atoms with Crippen molar-refractivity contribution < 1.29 is 4.84 Å². The fourth-order valence-corrected chi connectivity index (χ4v) is 1.18. The molecule has 0 N–H and O–H groups in total. The summed E-state index contributed by atoms with van der Waals surface area (Å²) in [5.41, 5.74) is 0. The zero-order valence-corrected chi connectivity index (χ0v) is 5.76. The third kappa shape index (κ3) is 2.04. The predicted octanol–water partition coefficient (Wildman–Crippen LogP) is 1.69. The topological polar surface area (TPSA) is 21.6 Å². The van der Waals surface area contributed by atoms with Crippen LogP contribution in [0.1, 0.15) is 25.7 Å². The van der Waals surface area contributed by atoms with E-state index in [-0.39, 0.29) is 0 Å². The van der Waals surface area contributed by atoms with Crippen LogP contribution >= 0.6 is 0 Å². The molecule has 1 saturated carbocycles. The number of hydrogen-bond acceptors (Lipinski definition) is 2. The van der Waals surface area contributed by atoms with E-state index in [0.29, 0.717) is 5.92 Å². The second-order valence-electron chi connectivity index (χ2n) is 2.38. The van der Waals surface area contributed by atoms with Gasteiger partial charge in [0, 0.05) is 5.92 Å². The molecule has 0 aromatic heterocycles. The van der Waals surface area contributed by atoms with Gasteiger partial charge in [-0.1, -0.05) is 18.0 Å². The van der Waals surface area contributed by atoms with E-state index < -0.39 is 0 Å². The fraction of sp³-hybridized carbons (Fsp3) is 0.857. The third-order valence-corrected chi connectivity index (χ3v) is 1.68. The van der Waals surface area contributed by atoms with Crippen molar-refractivity contribution in [1.29, 1.82) is 0 Å². The molecule has 1 aliphatic rings. The van der Waals surface area contributed by atoms with Crippen molar-refractivity contribution >= 4 is 6.21 Å². The van der Waals surface area contributed by atoms with Gasteiger partial charge in [-0.2, -0.15) is 0 Å². The number of hydrogen-bond donors (Lipinski definition) is 0. The monoisotopic (exact) mass is 126 g/mol. The third-order valence-electron chi connectivity index (χ3n) is 1.68. The van der Waals surface area contributed by atoms with Crippen molar-refractivity contribution in [2.24, 2.45) is 11.1 Å². The molecule has 2 heteroatoms. The summed E-state index contributed by atoms with van der Waals surface area (Å²) in [7, 11) is 1.56. The van der Waals surface area contributed by atoms with Crippen molar-refractivity contribution in [1.82, 2.24) is 0 Å². The van der Waals surface area contributed by atoms with Gasteiger partial charge in [0.05, 0.1) is 0 Å². The van der Waals surface area contributed by atoms with Crippen molar-refractivity contribution in [3.8, 4) is 0 Å². The van der Waals surface area contributed by atoms with Crippen LogP contribution in [-0.2, 0) is 4.84 Å². The molecule has 0 atom stereocenters. The lowest BCUT2D eigenvalue weighted by Gasteiger charge is -1.94. The molecule has 1 rings (SSSR count). The van der Waals surface area contributed by atoms with Gasteiger partial charge in [-0.25, -0.2) is 0 Å². The first-order valence-electron chi connectivity index (χ1n) is 3.42. The van der Waals surface area contributed by atoms with E-state index >= 15 is 0 Å². The quantitative estimate of drug-likeness (QED) is 0.407. The molecule has 51 valence electrons. The number of nitrogens with zero attached hydrogens (tertiary/aromatic N) is 1. The summed E-state index contributed by atoms with van der Waals surface area (Å²) < 4.78 is 0. The van der Waals surface area contributed by atoms with Crippen LogP contribution in [-0.4, -0.2) is 13.3 Å². The van der Waals surface area contributed by atoms with E-state index in [1.807, 2.05) is 0 Å². The van der Waals surface area contributed by atoms with Crippen LogP contribution in [0.25, 0.3) is 0 Å². The molecule has 1 aliphatic carbocycles. The molecule has 2 nitrogen and oxygen atoms in total. The molecule has 0 amide bonds. The van der Waals surface area contributed by atoms with E-state index in [9.17, 15) is 0 Å². The van der Waals surface area contributed by atoms with Gasteiger partial charge in [-0.3, -0.25) is 0 Å². The van der Waals surface area contributed by atoms with Crippen LogP contribution in [0.15, 0.2) is 5.16 Å². The highest BCUT2D eigenvalue weighted by molar-refractivity contribution is 5.60. The van der Waals surface area contributed by atoms with E-state index in [2.05, 4.69) is 16.2 Å². The molecule has 0 heterocycles. The van der Waals surface area contributed by atoms with Crippen molar-refractivity contribution in [3.05, 3.63) is 0 Å². The van der Waals surface area contributed by atoms with Crippen molar-refractivity contribution in [2.75, 3.05) is 7.11 Å². The summed E-state index contributed by atoms with van der Waals surface area (Å²) in [6.45, 7) is 0. The van der Waals surface area contributed by atoms with E-state index in [1.165, 1.54) is 25.7 Å². The maximum absolute atomic E-state index is 4.52. The van der Waals surface area contributed by atoms with E-state index in [1.54, 1.807) is 7.11 Å². The number of rotatable bonds is 2. The molecule has 0 saturated heterocycles. The Morgan fingerprint density at radius 3 is 2.67 bits per heavy atom. The van der Waals surface area contributed by atoms with Crippen LogP contribution in [0.5, 0.6) is 0 Å². The molecule has 0 bridgehead atoms. The Morgan fingerprint density at radius 1 is 1.44 bits per heavy atom. The van der Waals surface area contributed by atoms with Gasteiger partial charge in [-0.15, -0.1) is 0 Å². The molecule has 1 fully saturated rings. The second kappa shape index (κ2) is 3.49. The Morgan fingerprint density at radius 2 is 2.11 bits per heavy atom. The van der Waals surface area contributed by atoms with Crippen LogP contribution in [0.2, 0.25) is 0 Å². The minimum atomic E-state index is 0.574. The second-order valence-corrected chi connectivity index (χ2v) is 2.38. The highest BCUT2D eigenvalue weighted by Gasteiger charge is 2.12. The lowest BCUT2D eigenvalue weighted by Crippen LogP contribution is -1.93. The molecule has 0 spiro atoms. The van der Waals surface area contributed by atoms with Gasteiger partial charge in [0.1, 0.15) is 13.3 Å². The van der Waals surface area contributed by atoms with Crippen molar-refractivity contribution in [2.45, 2.75) is 25.7 Å².